The van der Waals surface area contributed by atoms with Crippen molar-refractivity contribution in [2.45, 2.75) is 296 Å². The molecule has 1 amide bonds. The lowest BCUT2D eigenvalue weighted by atomic mass is 10.0. The average molecular weight is 872 g/mol. The Balaban J connectivity index is 3.42. The summed E-state index contributed by atoms with van der Waals surface area (Å²) >= 11 is 0. The number of hydrogen-bond donors (Lipinski definition) is 3. The molecule has 0 aliphatic carbocycles. The molecule has 364 valence electrons. The molecule has 0 bridgehead atoms. The van der Waals surface area contributed by atoms with Crippen molar-refractivity contribution < 1.29 is 24.5 Å². The summed E-state index contributed by atoms with van der Waals surface area (Å²) < 4.78 is 5.46. The Labute approximate surface area is 385 Å². The molecule has 0 heterocycles. The third-order valence-corrected chi connectivity index (χ3v) is 12.4. The first-order chi connectivity index (χ1) is 30.5. The number of amides is 1. The molecule has 0 aromatic carbocycles. The smallest absolute Gasteiger partial charge is 0.305 e. The molecule has 2 unspecified atom stereocenters. The molecule has 0 radical (unpaired) electrons. The minimum atomic E-state index is -0.846. The Morgan fingerprint density at radius 3 is 1.18 bits per heavy atom. The van der Waals surface area contributed by atoms with E-state index in [2.05, 4.69) is 43.5 Å². The van der Waals surface area contributed by atoms with Crippen LogP contribution in [0.2, 0.25) is 0 Å². The predicted molar refractivity (Wildman–Crippen MR) is 269 cm³/mol. The van der Waals surface area contributed by atoms with Gasteiger partial charge < -0.3 is 20.3 Å². The van der Waals surface area contributed by atoms with Crippen LogP contribution in [0, 0.1) is 0 Å². The third-order valence-electron chi connectivity index (χ3n) is 12.4. The number of nitrogens with one attached hydrogen (secondary N) is 1. The Bertz CT molecular complexity index is 1010. The number of carbonyl (C=O) groups is 2. The fourth-order valence-corrected chi connectivity index (χ4v) is 8.15. The van der Waals surface area contributed by atoms with Crippen molar-refractivity contribution in [1.29, 1.82) is 0 Å². The first-order valence-corrected chi connectivity index (χ1v) is 27.3. The number of ether oxygens (including phenoxy) is 1. The van der Waals surface area contributed by atoms with Gasteiger partial charge >= 0.3 is 5.97 Å². The van der Waals surface area contributed by atoms with Gasteiger partial charge in [0.1, 0.15) is 0 Å². The molecule has 0 spiro atoms. The number of allylic oxidation sites excluding steroid dienone is 5. The lowest BCUT2D eigenvalue weighted by molar-refractivity contribution is -0.143. The standard InChI is InChI=1S/C56H105NO5/c1-3-5-7-9-11-13-15-30-34-38-42-46-50-56(61)62-51-47-43-39-35-31-28-26-24-22-20-18-16-17-19-21-23-25-27-29-33-37-41-45-49-55(60)57-53(52-58)54(59)48-44-40-36-32-14-12-10-8-6-4-2/h11,13,19,21,44,48,53-54,58-59H,3-10,12,14-18,20,22-43,45-47,49-52H2,1-2H3,(H,57,60)/b13-11-,21-19-,48-44+. The summed E-state index contributed by atoms with van der Waals surface area (Å²) in [5, 5.41) is 22.9. The van der Waals surface area contributed by atoms with E-state index in [1.165, 1.54) is 205 Å². The zero-order valence-electron chi connectivity index (χ0n) is 41.4. The van der Waals surface area contributed by atoms with Gasteiger partial charge in [-0.05, 0) is 83.5 Å². The van der Waals surface area contributed by atoms with Gasteiger partial charge in [0, 0.05) is 12.8 Å². The first kappa shape index (κ1) is 60.1. The van der Waals surface area contributed by atoms with Gasteiger partial charge in [-0.15, -0.1) is 0 Å². The van der Waals surface area contributed by atoms with Crippen LogP contribution in [-0.2, 0) is 14.3 Å². The van der Waals surface area contributed by atoms with Crippen molar-refractivity contribution in [2.75, 3.05) is 13.2 Å². The van der Waals surface area contributed by atoms with Crippen LogP contribution < -0.4 is 5.32 Å². The van der Waals surface area contributed by atoms with Gasteiger partial charge in [0.15, 0.2) is 0 Å². The van der Waals surface area contributed by atoms with Gasteiger partial charge in [-0.2, -0.15) is 0 Å². The molecule has 0 rings (SSSR count). The number of aliphatic hydroxyl groups excluding tert-OH is 2. The summed E-state index contributed by atoms with van der Waals surface area (Å²) in [7, 11) is 0. The van der Waals surface area contributed by atoms with E-state index in [1.54, 1.807) is 6.08 Å². The summed E-state index contributed by atoms with van der Waals surface area (Å²) in [6.45, 7) is 4.85. The summed E-state index contributed by atoms with van der Waals surface area (Å²) in [4.78, 5) is 24.4. The lowest BCUT2D eigenvalue weighted by Gasteiger charge is -2.20. The number of carbonyl (C=O) groups excluding carboxylic acids is 2. The second-order valence-electron chi connectivity index (χ2n) is 18.5. The minimum absolute atomic E-state index is 0.000170. The zero-order chi connectivity index (χ0) is 45.1. The van der Waals surface area contributed by atoms with Gasteiger partial charge in [0.25, 0.3) is 0 Å². The Morgan fingerprint density at radius 2 is 0.758 bits per heavy atom. The van der Waals surface area contributed by atoms with Gasteiger partial charge in [-0.25, -0.2) is 0 Å². The maximum Gasteiger partial charge on any atom is 0.305 e. The third kappa shape index (κ3) is 47.6. The summed E-state index contributed by atoms with van der Waals surface area (Å²) in [5.74, 6) is -0.0766. The fraction of sp³-hybridized carbons (Fsp3) is 0.857. The van der Waals surface area contributed by atoms with Gasteiger partial charge in [0.2, 0.25) is 5.91 Å². The molecule has 0 aromatic rings. The topological polar surface area (TPSA) is 95.9 Å². The van der Waals surface area contributed by atoms with Crippen LogP contribution in [0.15, 0.2) is 36.5 Å². The number of esters is 1. The van der Waals surface area contributed by atoms with Crippen LogP contribution in [0.25, 0.3) is 0 Å². The van der Waals surface area contributed by atoms with E-state index in [0.717, 1.165) is 51.4 Å². The van der Waals surface area contributed by atoms with Crippen LogP contribution in [0.3, 0.4) is 0 Å². The van der Waals surface area contributed by atoms with E-state index < -0.39 is 12.1 Å². The monoisotopic (exact) mass is 872 g/mol. The maximum absolute atomic E-state index is 12.4. The van der Waals surface area contributed by atoms with Gasteiger partial charge in [0.05, 0.1) is 25.4 Å². The molecule has 2 atom stereocenters. The number of hydrogen-bond acceptors (Lipinski definition) is 5. The summed E-state index contributed by atoms with van der Waals surface area (Å²) in [5.41, 5.74) is 0. The second kappa shape index (κ2) is 51.7. The van der Waals surface area contributed by atoms with E-state index in [9.17, 15) is 19.8 Å². The predicted octanol–water partition coefficient (Wildman–Crippen LogP) is 16.5. The minimum Gasteiger partial charge on any atom is -0.466 e. The summed E-state index contributed by atoms with van der Waals surface area (Å²) in [6.07, 6.45) is 63.1. The van der Waals surface area contributed by atoms with Crippen molar-refractivity contribution in [3.8, 4) is 0 Å². The van der Waals surface area contributed by atoms with E-state index >= 15 is 0 Å². The molecule has 0 fully saturated rings. The number of rotatable bonds is 50. The zero-order valence-corrected chi connectivity index (χ0v) is 41.4. The molecule has 0 saturated carbocycles. The Morgan fingerprint density at radius 1 is 0.435 bits per heavy atom. The molecule has 62 heavy (non-hydrogen) atoms. The summed E-state index contributed by atoms with van der Waals surface area (Å²) in [6, 6.07) is -0.630. The van der Waals surface area contributed by atoms with Gasteiger partial charge in [-0.1, -0.05) is 224 Å². The largest absolute Gasteiger partial charge is 0.466 e. The van der Waals surface area contributed by atoms with Crippen molar-refractivity contribution >= 4 is 11.9 Å². The first-order valence-electron chi connectivity index (χ1n) is 27.3. The molecular weight excluding hydrogens is 767 g/mol. The van der Waals surface area contributed by atoms with E-state index in [-0.39, 0.29) is 18.5 Å². The van der Waals surface area contributed by atoms with Crippen LogP contribution in [0.1, 0.15) is 284 Å². The normalized spacial score (nSPS) is 12.9. The molecule has 0 aliphatic heterocycles. The Hall–Kier alpha value is -1.92. The fourth-order valence-electron chi connectivity index (χ4n) is 8.15. The lowest BCUT2D eigenvalue weighted by Crippen LogP contribution is -2.45. The quantitative estimate of drug-likeness (QED) is 0.0321. The second-order valence-corrected chi connectivity index (χ2v) is 18.5. The molecule has 6 nitrogen and oxygen atoms in total. The average Bonchev–Trinajstić information content (AvgIpc) is 3.27. The molecule has 3 N–H and O–H groups in total. The van der Waals surface area contributed by atoms with Gasteiger partial charge in [-0.3, -0.25) is 9.59 Å². The molecule has 0 aliphatic rings. The van der Waals surface area contributed by atoms with E-state index in [0.29, 0.717) is 19.4 Å². The van der Waals surface area contributed by atoms with Crippen LogP contribution >= 0.6 is 0 Å². The highest BCUT2D eigenvalue weighted by Gasteiger charge is 2.18. The highest BCUT2D eigenvalue weighted by Crippen LogP contribution is 2.15. The molecule has 0 aromatic heterocycles. The Kier molecular flexibility index (Phi) is 50.1. The van der Waals surface area contributed by atoms with Crippen LogP contribution in [0.4, 0.5) is 0 Å². The highest BCUT2D eigenvalue weighted by atomic mass is 16.5. The van der Waals surface area contributed by atoms with Crippen molar-refractivity contribution in [3.05, 3.63) is 36.5 Å². The van der Waals surface area contributed by atoms with Crippen molar-refractivity contribution in [1.82, 2.24) is 5.32 Å². The number of unbranched alkanes of at least 4 members (excludes halogenated alkanes) is 35. The SMILES string of the molecule is CCCCC/C=C\CCCCCCCC(=O)OCCCCCCCCCCCCCC/C=C\CCCCCCCCCC(=O)NC(CO)C(O)/C=C/CCCCCCCCCC. The molecule has 0 saturated heterocycles. The molecular formula is C56H105NO5. The van der Waals surface area contributed by atoms with E-state index in [1.807, 2.05) is 6.08 Å². The molecule has 6 heteroatoms. The number of aliphatic hydroxyl groups is 2. The highest BCUT2D eigenvalue weighted by molar-refractivity contribution is 5.76. The van der Waals surface area contributed by atoms with Crippen molar-refractivity contribution in [2.24, 2.45) is 0 Å². The van der Waals surface area contributed by atoms with Crippen molar-refractivity contribution in [3.63, 3.8) is 0 Å². The maximum atomic E-state index is 12.4. The van der Waals surface area contributed by atoms with Crippen LogP contribution in [0.5, 0.6) is 0 Å². The van der Waals surface area contributed by atoms with E-state index in [4.69, 9.17) is 4.74 Å². The van der Waals surface area contributed by atoms with Crippen LogP contribution in [-0.4, -0.2) is 47.4 Å².